The van der Waals surface area contributed by atoms with E-state index in [0.29, 0.717) is 0 Å². The van der Waals surface area contributed by atoms with Gasteiger partial charge in [-0.25, -0.2) is 0 Å². The first-order chi connectivity index (χ1) is 8.23. The molecule has 98 valence electrons. The largest absolute Gasteiger partial charge is 0.492 e. The lowest BCUT2D eigenvalue weighted by Gasteiger charge is -2.31. The van der Waals surface area contributed by atoms with Gasteiger partial charge >= 0.3 is 0 Å². The number of benzene rings is 1. The van der Waals surface area contributed by atoms with Gasteiger partial charge in [0.05, 0.1) is 6.61 Å². The second-order valence-electron chi connectivity index (χ2n) is 6.61. The lowest BCUT2D eigenvalue weighted by atomic mass is 9.71. The summed E-state index contributed by atoms with van der Waals surface area (Å²) in [4.78, 5) is 0. The van der Waals surface area contributed by atoms with Crippen molar-refractivity contribution in [2.75, 3.05) is 6.61 Å². The fourth-order valence-electron chi connectivity index (χ4n) is 2.92. The summed E-state index contributed by atoms with van der Waals surface area (Å²) in [5, 5.41) is 0. The molecule has 0 bridgehead atoms. The third-order valence-electron chi connectivity index (χ3n) is 3.35. The summed E-state index contributed by atoms with van der Waals surface area (Å²) in [5.41, 5.74) is 2.78. The molecular weight excluding hydrogens is 288 g/mol. The fraction of sp³-hybridized carbons (Fsp3) is 0.500. The Labute approximate surface area is 118 Å². The lowest BCUT2D eigenvalue weighted by Crippen LogP contribution is -2.24. The summed E-state index contributed by atoms with van der Waals surface area (Å²) in [5.74, 6) is 1.06. The van der Waals surface area contributed by atoms with Crippen molar-refractivity contribution in [3.63, 3.8) is 0 Å². The maximum Gasteiger partial charge on any atom is 0.128 e. The van der Waals surface area contributed by atoms with E-state index >= 15 is 0 Å². The minimum atomic E-state index is 0.100. The zero-order chi connectivity index (χ0) is 13.6. The van der Waals surface area contributed by atoms with Crippen LogP contribution in [0.15, 0.2) is 34.3 Å². The summed E-state index contributed by atoms with van der Waals surface area (Å²) < 4.78 is 7.12. The number of hydrogen-bond donors (Lipinski definition) is 0. The van der Waals surface area contributed by atoms with Gasteiger partial charge in [0.2, 0.25) is 0 Å². The predicted octanol–water partition coefficient (Wildman–Crippen LogP) is 5.26. The van der Waals surface area contributed by atoms with E-state index in [-0.39, 0.29) is 10.8 Å². The Balaban J connectivity index is 2.64. The van der Waals surface area contributed by atoms with Gasteiger partial charge in [-0.1, -0.05) is 68.7 Å². The third kappa shape index (κ3) is 2.35. The van der Waals surface area contributed by atoms with Crippen LogP contribution in [0.4, 0.5) is 0 Å². The SMILES string of the molecule is CC(C)(C)C1=C(c2ccccc2Br)OCC1(C)C. The molecule has 0 saturated carbocycles. The predicted molar refractivity (Wildman–Crippen MR) is 80.3 cm³/mol. The van der Waals surface area contributed by atoms with Gasteiger partial charge in [-0.15, -0.1) is 0 Å². The molecule has 0 aliphatic carbocycles. The Bertz CT molecular complexity index is 492. The molecule has 1 aromatic carbocycles. The minimum Gasteiger partial charge on any atom is -0.492 e. The van der Waals surface area contributed by atoms with Crippen LogP contribution in [0.25, 0.3) is 5.76 Å². The van der Waals surface area contributed by atoms with Crippen molar-refractivity contribution >= 4 is 21.7 Å². The van der Waals surface area contributed by atoms with Crippen molar-refractivity contribution in [2.24, 2.45) is 10.8 Å². The molecule has 0 atom stereocenters. The molecule has 0 radical (unpaired) electrons. The Hall–Kier alpha value is -0.760. The smallest absolute Gasteiger partial charge is 0.128 e. The first-order valence-electron chi connectivity index (χ1n) is 6.36. The van der Waals surface area contributed by atoms with Crippen LogP contribution in [0.3, 0.4) is 0 Å². The average molecular weight is 309 g/mol. The van der Waals surface area contributed by atoms with Crippen molar-refractivity contribution in [1.29, 1.82) is 0 Å². The van der Waals surface area contributed by atoms with Crippen LogP contribution < -0.4 is 0 Å². The fourth-order valence-corrected chi connectivity index (χ4v) is 3.38. The number of ether oxygens (including phenoxy) is 1. The van der Waals surface area contributed by atoms with Crippen LogP contribution in [0.1, 0.15) is 40.2 Å². The molecule has 0 unspecified atom stereocenters. The zero-order valence-corrected chi connectivity index (χ0v) is 13.4. The van der Waals surface area contributed by atoms with Gasteiger partial charge in [0.1, 0.15) is 5.76 Å². The van der Waals surface area contributed by atoms with E-state index < -0.39 is 0 Å². The highest BCUT2D eigenvalue weighted by Crippen LogP contribution is 2.50. The van der Waals surface area contributed by atoms with Gasteiger partial charge in [0.25, 0.3) is 0 Å². The van der Waals surface area contributed by atoms with Crippen LogP contribution >= 0.6 is 15.9 Å². The standard InChI is InChI=1S/C16H21BrO/c1-15(2,3)14-13(18-10-16(14,4)5)11-8-6-7-9-12(11)17/h6-9H,10H2,1-5H3. The highest BCUT2D eigenvalue weighted by Gasteiger charge is 2.41. The summed E-state index contributed by atoms with van der Waals surface area (Å²) >= 11 is 3.62. The molecule has 0 aromatic heterocycles. The highest BCUT2D eigenvalue weighted by molar-refractivity contribution is 9.10. The molecule has 0 spiro atoms. The van der Waals surface area contributed by atoms with E-state index in [9.17, 15) is 0 Å². The summed E-state index contributed by atoms with van der Waals surface area (Å²) in [7, 11) is 0. The Morgan fingerprint density at radius 1 is 1.17 bits per heavy atom. The summed E-state index contributed by atoms with van der Waals surface area (Å²) in [6.45, 7) is 12.1. The molecule has 0 saturated heterocycles. The van der Waals surface area contributed by atoms with Gasteiger partial charge in [-0.05, 0) is 17.1 Å². The van der Waals surface area contributed by atoms with Crippen LogP contribution in [0.2, 0.25) is 0 Å². The quantitative estimate of drug-likeness (QED) is 0.687. The topological polar surface area (TPSA) is 9.23 Å². The first kappa shape index (κ1) is 13.7. The van der Waals surface area contributed by atoms with Gasteiger partial charge in [-0.2, -0.15) is 0 Å². The Kier molecular flexibility index (Phi) is 3.35. The molecule has 0 fully saturated rings. The van der Waals surface area contributed by atoms with E-state index in [2.05, 4.69) is 68.7 Å². The van der Waals surface area contributed by atoms with Crippen molar-refractivity contribution in [3.8, 4) is 0 Å². The molecule has 1 aliphatic rings. The van der Waals surface area contributed by atoms with Crippen LogP contribution in [-0.2, 0) is 4.74 Å². The molecule has 1 nitrogen and oxygen atoms in total. The van der Waals surface area contributed by atoms with Gasteiger partial charge < -0.3 is 4.74 Å². The maximum atomic E-state index is 6.02. The van der Waals surface area contributed by atoms with Crippen molar-refractivity contribution in [1.82, 2.24) is 0 Å². The molecule has 18 heavy (non-hydrogen) atoms. The molecule has 0 N–H and O–H groups in total. The monoisotopic (exact) mass is 308 g/mol. The molecule has 2 rings (SSSR count). The van der Waals surface area contributed by atoms with E-state index in [1.54, 1.807) is 0 Å². The average Bonchev–Trinajstić information content (AvgIpc) is 2.54. The van der Waals surface area contributed by atoms with Crippen LogP contribution in [0, 0.1) is 10.8 Å². The van der Waals surface area contributed by atoms with Gasteiger partial charge in [0.15, 0.2) is 0 Å². The number of halogens is 1. The molecule has 1 aliphatic heterocycles. The number of rotatable bonds is 1. The van der Waals surface area contributed by atoms with E-state index in [4.69, 9.17) is 4.74 Å². The molecule has 0 amide bonds. The highest BCUT2D eigenvalue weighted by atomic mass is 79.9. The lowest BCUT2D eigenvalue weighted by molar-refractivity contribution is 0.213. The summed E-state index contributed by atoms with van der Waals surface area (Å²) in [6, 6.07) is 8.27. The molecule has 1 heterocycles. The molecule has 1 aromatic rings. The van der Waals surface area contributed by atoms with Crippen LogP contribution in [0.5, 0.6) is 0 Å². The van der Waals surface area contributed by atoms with E-state index in [1.165, 1.54) is 5.57 Å². The third-order valence-corrected chi connectivity index (χ3v) is 4.04. The van der Waals surface area contributed by atoms with E-state index in [0.717, 1.165) is 22.4 Å². The van der Waals surface area contributed by atoms with Crippen molar-refractivity contribution < 1.29 is 4.74 Å². The van der Waals surface area contributed by atoms with Crippen molar-refractivity contribution in [2.45, 2.75) is 34.6 Å². The molecular formula is C16H21BrO. The second-order valence-corrected chi connectivity index (χ2v) is 7.46. The Morgan fingerprint density at radius 3 is 2.33 bits per heavy atom. The van der Waals surface area contributed by atoms with Crippen LogP contribution in [-0.4, -0.2) is 6.61 Å². The Morgan fingerprint density at radius 2 is 1.78 bits per heavy atom. The minimum absolute atomic E-state index is 0.100. The maximum absolute atomic E-state index is 6.02. The summed E-state index contributed by atoms with van der Waals surface area (Å²) in [6.07, 6.45) is 0. The number of hydrogen-bond acceptors (Lipinski definition) is 1. The zero-order valence-electron chi connectivity index (χ0n) is 11.8. The van der Waals surface area contributed by atoms with Gasteiger partial charge in [-0.3, -0.25) is 0 Å². The van der Waals surface area contributed by atoms with Gasteiger partial charge in [0, 0.05) is 15.5 Å². The molecule has 2 heteroatoms. The first-order valence-corrected chi connectivity index (χ1v) is 7.16. The normalized spacial score (nSPS) is 19.0. The second kappa shape index (κ2) is 4.41. The van der Waals surface area contributed by atoms with E-state index in [1.807, 2.05) is 6.07 Å². The van der Waals surface area contributed by atoms with Crippen molar-refractivity contribution in [3.05, 3.63) is 39.9 Å².